The van der Waals surface area contributed by atoms with Crippen LogP contribution < -0.4 is 14.2 Å². The molecule has 0 unspecified atom stereocenters. The maximum Gasteiger partial charge on any atom is 0.343 e. The van der Waals surface area contributed by atoms with Gasteiger partial charge in [0.1, 0.15) is 11.6 Å². The normalized spacial score (nSPS) is 10.4. The zero-order valence-corrected chi connectivity index (χ0v) is 44.9. The quantitative estimate of drug-likeness (QED) is 0.0467. The van der Waals surface area contributed by atoms with Crippen LogP contribution in [0.15, 0.2) is 188 Å². The number of ether oxygens (including phenoxy) is 3. The van der Waals surface area contributed by atoms with Crippen molar-refractivity contribution in [3.63, 3.8) is 0 Å². The van der Waals surface area contributed by atoms with E-state index in [4.69, 9.17) is 27.1 Å². The molecule has 9 rings (SSSR count). The van der Waals surface area contributed by atoms with Gasteiger partial charge in [-0.3, -0.25) is 0 Å². The van der Waals surface area contributed by atoms with Crippen LogP contribution in [0.1, 0.15) is 84.2 Å². The van der Waals surface area contributed by atoms with Crippen molar-refractivity contribution >= 4 is 17.9 Å². The Morgan fingerprint density at radius 1 is 0.420 bits per heavy atom. The van der Waals surface area contributed by atoms with Gasteiger partial charge in [-0.25, -0.2) is 27.6 Å². The zero-order valence-electron chi connectivity index (χ0n) is 44.9. The SMILES string of the molecule is C#CCCc1ccc(-c2ccc(C(=O)Oc3ccc(C)c(F)c3F)cc2)cc1.C#CCCc1ccc(-c2ccc(OC(=O)c3ccc(C)cc3)c(F)c2F)cc1.CCc1ccc(OC(=O)c2ccc(-c3ccc(C)cc3)cc2)cc1F. The number of carbonyl (C=O) groups excluding carboxylic acids is 3. The van der Waals surface area contributed by atoms with Crippen molar-refractivity contribution in [1.29, 1.82) is 0 Å². The van der Waals surface area contributed by atoms with E-state index in [1.54, 1.807) is 84.9 Å². The summed E-state index contributed by atoms with van der Waals surface area (Å²) in [6, 6.07) is 53.6. The summed E-state index contributed by atoms with van der Waals surface area (Å²) in [6.07, 6.45) is 14.0. The molecule has 6 nitrogen and oxygen atoms in total. The molecule has 0 amide bonds. The van der Waals surface area contributed by atoms with Crippen LogP contribution in [0.2, 0.25) is 0 Å². The second-order valence-corrected chi connectivity index (χ2v) is 18.7. The third-order valence-electron chi connectivity index (χ3n) is 12.9. The van der Waals surface area contributed by atoms with Crippen molar-refractivity contribution in [2.45, 2.75) is 59.8 Å². The Morgan fingerprint density at radius 2 is 0.802 bits per heavy atom. The number of halogens is 5. The van der Waals surface area contributed by atoms with Gasteiger partial charge >= 0.3 is 17.9 Å². The molecular weight excluding hydrogens is 1030 g/mol. The van der Waals surface area contributed by atoms with Gasteiger partial charge in [0.15, 0.2) is 23.1 Å². The molecular formula is C70H55F5O6. The zero-order chi connectivity index (χ0) is 58.0. The molecule has 81 heavy (non-hydrogen) atoms. The van der Waals surface area contributed by atoms with E-state index < -0.39 is 52.7 Å². The lowest BCUT2D eigenvalue weighted by atomic mass is 10.0. The number of carbonyl (C=O) groups is 3. The number of benzene rings is 9. The summed E-state index contributed by atoms with van der Waals surface area (Å²) in [5.74, 6) is -2.30. The number of aryl methyl sites for hydroxylation is 6. The lowest BCUT2D eigenvalue weighted by Crippen LogP contribution is -2.10. The van der Waals surface area contributed by atoms with Crippen molar-refractivity contribution < 1.29 is 50.5 Å². The van der Waals surface area contributed by atoms with Crippen molar-refractivity contribution in [1.82, 2.24) is 0 Å². The fraction of sp³-hybridized carbons (Fsp3) is 0.129. The van der Waals surface area contributed by atoms with Crippen molar-refractivity contribution in [3.8, 4) is 75.3 Å². The van der Waals surface area contributed by atoms with Crippen molar-refractivity contribution in [2.24, 2.45) is 0 Å². The molecule has 11 heteroatoms. The predicted octanol–water partition coefficient (Wildman–Crippen LogP) is 17.0. The van der Waals surface area contributed by atoms with E-state index in [1.165, 1.54) is 42.8 Å². The minimum Gasteiger partial charge on any atom is -0.423 e. The van der Waals surface area contributed by atoms with E-state index in [-0.39, 0.29) is 33.8 Å². The van der Waals surface area contributed by atoms with Gasteiger partial charge in [-0.2, -0.15) is 8.78 Å². The fourth-order valence-electron chi connectivity index (χ4n) is 8.08. The molecule has 0 atom stereocenters. The summed E-state index contributed by atoms with van der Waals surface area (Å²) in [5.41, 5.74) is 10.7. The molecule has 0 N–H and O–H groups in total. The van der Waals surface area contributed by atoms with Gasteiger partial charge in [-0.05, 0) is 151 Å². The number of hydrogen-bond donors (Lipinski definition) is 0. The molecule has 0 saturated carbocycles. The lowest BCUT2D eigenvalue weighted by molar-refractivity contribution is 0.0717. The Labute approximate surface area is 468 Å². The smallest absolute Gasteiger partial charge is 0.343 e. The van der Waals surface area contributed by atoms with Gasteiger partial charge in [0.25, 0.3) is 0 Å². The summed E-state index contributed by atoms with van der Waals surface area (Å²) in [4.78, 5) is 36.6. The highest BCUT2D eigenvalue weighted by molar-refractivity contribution is 5.93. The number of esters is 3. The number of hydrogen-bond acceptors (Lipinski definition) is 6. The van der Waals surface area contributed by atoms with E-state index in [9.17, 15) is 36.3 Å². The summed E-state index contributed by atoms with van der Waals surface area (Å²) >= 11 is 0. The van der Waals surface area contributed by atoms with Crippen LogP contribution in [0.5, 0.6) is 17.2 Å². The van der Waals surface area contributed by atoms with Gasteiger partial charge in [-0.1, -0.05) is 139 Å². The number of terminal acetylenes is 2. The third-order valence-corrected chi connectivity index (χ3v) is 12.9. The van der Waals surface area contributed by atoms with E-state index >= 15 is 0 Å². The molecule has 0 aliphatic carbocycles. The van der Waals surface area contributed by atoms with Gasteiger partial charge in [-0.15, -0.1) is 24.7 Å². The first-order chi connectivity index (χ1) is 39.0. The monoisotopic (exact) mass is 1090 g/mol. The Hall–Kier alpha value is -9.84. The largest absolute Gasteiger partial charge is 0.423 e. The second kappa shape index (κ2) is 28.2. The first-order valence-electron chi connectivity index (χ1n) is 25.8. The van der Waals surface area contributed by atoms with Crippen LogP contribution >= 0.6 is 0 Å². The van der Waals surface area contributed by atoms with E-state index in [1.807, 2.05) is 93.6 Å². The Balaban J connectivity index is 0.000000176. The Bertz CT molecular complexity index is 3730. The molecule has 0 heterocycles. The molecule has 0 aromatic heterocycles. The third kappa shape index (κ3) is 15.9. The van der Waals surface area contributed by atoms with E-state index in [0.717, 1.165) is 51.8 Å². The molecule has 0 saturated heterocycles. The predicted molar refractivity (Wildman–Crippen MR) is 308 cm³/mol. The average Bonchev–Trinajstić information content (AvgIpc) is 3.53. The van der Waals surface area contributed by atoms with Crippen LogP contribution in [0.25, 0.3) is 33.4 Å². The Morgan fingerprint density at radius 3 is 1.25 bits per heavy atom. The standard InChI is InChI=1S/2C24H18F2O2.C22H19FO2/c1-3-4-5-17-8-12-18(13-9-17)20-14-15-21(23(26)22(20)25)28-24(27)19-10-6-16(2)7-11-19;1-3-4-5-17-7-9-18(10-8-17)19-11-13-20(14-12-19)24(27)28-21-15-6-16(2)22(25)23(21)26;1-3-16-12-13-20(14-21(16)23)25-22(24)19-10-8-18(9-11-19)17-6-4-15(2)5-7-17/h2*1,6-15H,4-5H2,2H3;4-14H,3H2,1-2H3. The summed E-state index contributed by atoms with van der Waals surface area (Å²) in [6.45, 7) is 7.23. The summed E-state index contributed by atoms with van der Waals surface area (Å²) < 4.78 is 85.6. The molecule has 0 fully saturated rings. The highest BCUT2D eigenvalue weighted by atomic mass is 19.2. The van der Waals surface area contributed by atoms with Gasteiger partial charge in [0.2, 0.25) is 11.6 Å². The van der Waals surface area contributed by atoms with Crippen molar-refractivity contribution in [2.75, 3.05) is 0 Å². The van der Waals surface area contributed by atoms with Gasteiger partial charge < -0.3 is 14.2 Å². The summed E-state index contributed by atoms with van der Waals surface area (Å²) in [5, 5.41) is 0. The van der Waals surface area contributed by atoms with Crippen LogP contribution in [-0.2, 0) is 19.3 Å². The molecule has 0 spiro atoms. The minimum atomic E-state index is -1.20. The van der Waals surface area contributed by atoms with E-state index in [0.29, 0.717) is 36.0 Å². The molecule has 0 bridgehead atoms. The molecule has 0 aliphatic rings. The van der Waals surface area contributed by atoms with Crippen LogP contribution in [-0.4, -0.2) is 17.9 Å². The second-order valence-electron chi connectivity index (χ2n) is 18.7. The Kier molecular flexibility index (Phi) is 20.5. The topological polar surface area (TPSA) is 78.9 Å². The van der Waals surface area contributed by atoms with Crippen molar-refractivity contribution in [3.05, 3.63) is 267 Å². The molecule has 0 radical (unpaired) electrons. The average molecular weight is 1090 g/mol. The lowest BCUT2D eigenvalue weighted by Gasteiger charge is -2.10. The maximum absolute atomic E-state index is 14.6. The van der Waals surface area contributed by atoms with Crippen LogP contribution in [0.3, 0.4) is 0 Å². The molecule has 9 aromatic carbocycles. The minimum absolute atomic E-state index is 0.0936. The maximum atomic E-state index is 14.6. The molecule has 406 valence electrons. The highest BCUT2D eigenvalue weighted by Crippen LogP contribution is 2.32. The highest BCUT2D eigenvalue weighted by Gasteiger charge is 2.20. The summed E-state index contributed by atoms with van der Waals surface area (Å²) in [7, 11) is 0. The van der Waals surface area contributed by atoms with E-state index in [2.05, 4.69) is 11.8 Å². The van der Waals surface area contributed by atoms with Crippen LogP contribution in [0, 0.1) is 74.5 Å². The first kappa shape index (κ1) is 58.8. The first-order valence-corrected chi connectivity index (χ1v) is 25.8. The molecule has 0 aliphatic heterocycles. The van der Waals surface area contributed by atoms with Gasteiger partial charge in [0.05, 0.1) is 16.7 Å². The number of rotatable bonds is 14. The fourth-order valence-corrected chi connectivity index (χ4v) is 8.08. The van der Waals surface area contributed by atoms with Gasteiger partial charge in [0, 0.05) is 24.5 Å². The molecule has 9 aromatic rings. The van der Waals surface area contributed by atoms with Crippen LogP contribution in [0.4, 0.5) is 22.0 Å².